The summed E-state index contributed by atoms with van der Waals surface area (Å²) in [6, 6.07) is 0.0822. The molecule has 2 atom stereocenters. The van der Waals surface area contributed by atoms with Crippen LogP contribution in [0.2, 0.25) is 0 Å². The Morgan fingerprint density at radius 2 is 1.95 bits per heavy atom. The van der Waals surface area contributed by atoms with Crippen molar-refractivity contribution in [3.8, 4) is 0 Å². The van der Waals surface area contributed by atoms with E-state index in [2.05, 4.69) is 20.8 Å². The summed E-state index contributed by atoms with van der Waals surface area (Å²) in [4.78, 5) is 28.7. The van der Waals surface area contributed by atoms with Gasteiger partial charge in [0.15, 0.2) is 0 Å². The van der Waals surface area contributed by atoms with Gasteiger partial charge in [-0.05, 0) is 31.6 Å². The molecular weight excluding hydrogens is 240 g/mol. The fourth-order valence-electron chi connectivity index (χ4n) is 3.53. The third kappa shape index (κ3) is 2.77. The van der Waals surface area contributed by atoms with Gasteiger partial charge in [0, 0.05) is 25.6 Å². The predicted octanol–water partition coefficient (Wildman–Crippen LogP) is 2.03. The van der Waals surface area contributed by atoms with E-state index in [0.29, 0.717) is 18.9 Å². The molecule has 4 nitrogen and oxygen atoms in total. The molecule has 0 aromatic rings. The molecule has 2 amide bonds. The fourth-order valence-corrected chi connectivity index (χ4v) is 3.53. The first-order valence-corrected chi connectivity index (χ1v) is 7.66. The van der Waals surface area contributed by atoms with Crippen molar-refractivity contribution in [3.63, 3.8) is 0 Å². The van der Waals surface area contributed by atoms with Crippen LogP contribution in [-0.2, 0) is 9.59 Å². The van der Waals surface area contributed by atoms with Gasteiger partial charge in [0.2, 0.25) is 11.8 Å². The molecule has 2 rings (SSSR count). The first-order chi connectivity index (χ1) is 9.06. The highest BCUT2D eigenvalue weighted by Gasteiger charge is 2.39. The van der Waals surface area contributed by atoms with Gasteiger partial charge < -0.3 is 9.80 Å². The summed E-state index contributed by atoms with van der Waals surface area (Å²) in [5.74, 6) is 0.796. The van der Waals surface area contributed by atoms with Crippen LogP contribution < -0.4 is 0 Å². The van der Waals surface area contributed by atoms with Crippen LogP contribution in [0.5, 0.6) is 0 Å². The van der Waals surface area contributed by atoms with Crippen molar-refractivity contribution in [2.24, 2.45) is 5.92 Å². The summed E-state index contributed by atoms with van der Waals surface area (Å²) in [5.41, 5.74) is 0. The van der Waals surface area contributed by atoms with E-state index < -0.39 is 0 Å². The molecule has 2 fully saturated rings. The SMILES string of the molecule is CCC(C(C)C)N1CCC(=O)N2CCCCC2C1=O. The van der Waals surface area contributed by atoms with Crippen LogP contribution in [0.25, 0.3) is 0 Å². The number of hydrogen-bond donors (Lipinski definition) is 0. The fraction of sp³-hybridized carbons (Fsp3) is 0.867. The molecular formula is C15H26N2O2. The van der Waals surface area contributed by atoms with E-state index in [1.807, 2.05) is 9.80 Å². The summed E-state index contributed by atoms with van der Waals surface area (Å²) in [6.45, 7) is 7.81. The molecule has 4 heteroatoms. The smallest absolute Gasteiger partial charge is 0.245 e. The first-order valence-electron chi connectivity index (χ1n) is 7.66. The Bertz CT molecular complexity index is 354. The maximum absolute atomic E-state index is 12.8. The van der Waals surface area contributed by atoms with Crippen molar-refractivity contribution in [1.82, 2.24) is 9.80 Å². The maximum atomic E-state index is 12.8. The van der Waals surface area contributed by atoms with Gasteiger partial charge in [-0.2, -0.15) is 0 Å². The topological polar surface area (TPSA) is 40.6 Å². The van der Waals surface area contributed by atoms with E-state index in [9.17, 15) is 9.59 Å². The molecule has 0 saturated carbocycles. The van der Waals surface area contributed by atoms with Crippen LogP contribution in [0.4, 0.5) is 0 Å². The van der Waals surface area contributed by atoms with Gasteiger partial charge in [-0.3, -0.25) is 9.59 Å². The Morgan fingerprint density at radius 1 is 1.21 bits per heavy atom. The molecule has 0 aromatic heterocycles. The van der Waals surface area contributed by atoms with Crippen LogP contribution >= 0.6 is 0 Å². The van der Waals surface area contributed by atoms with Crippen molar-refractivity contribution in [2.45, 2.75) is 65.0 Å². The monoisotopic (exact) mass is 266 g/mol. The van der Waals surface area contributed by atoms with Gasteiger partial charge in [-0.25, -0.2) is 0 Å². The van der Waals surface area contributed by atoms with Crippen LogP contribution in [0.3, 0.4) is 0 Å². The molecule has 0 N–H and O–H groups in total. The first kappa shape index (κ1) is 14.4. The van der Waals surface area contributed by atoms with E-state index in [1.165, 1.54) is 0 Å². The average molecular weight is 266 g/mol. The van der Waals surface area contributed by atoms with Gasteiger partial charge >= 0.3 is 0 Å². The largest absolute Gasteiger partial charge is 0.337 e. The molecule has 0 aromatic carbocycles. The van der Waals surface area contributed by atoms with Crippen molar-refractivity contribution in [3.05, 3.63) is 0 Å². The third-order valence-electron chi connectivity index (χ3n) is 4.55. The number of amides is 2. The number of carbonyl (C=O) groups is 2. The minimum Gasteiger partial charge on any atom is -0.337 e. The van der Waals surface area contributed by atoms with Gasteiger partial charge in [0.25, 0.3) is 0 Å². The summed E-state index contributed by atoms with van der Waals surface area (Å²) >= 11 is 0. The predicted molar refractivity (Wildman–Crippen MR) is 74.6 cm³/mol. The van der Waals surface area contributed by atoms with Crippen LogP contribution in [0, 0.1) is 5.92 Å². The van der Waals surface area contributed by atoms with Gasteiger partial charge in [-0.15, -0.1) is 0 Å². The van der Waals surface area contributed by atoms with Crippen LogP contribution in [-0.4, -0.2) is 46.8 Å². The Kier molecular flexibility index (Phi) is 4.48. The maximum Gasteiger partial charge on any atom is 0.245 e. The van der Waals surface area contributed by atoms with Crippen molar-refractivity contribution in [1.29, 1.82) is 0 Å². The van der Waals surface area contributed by atoms with Crippen molar-refractivity contribution < 1.29 is 9.59 Å². The summed E-state index contributed by atoms with van der Waals surface area (Å²) in [7, 11) is 0. The zero-order chi connectivity index (χ0) is 14.0. The highest BCUT2D eigenvalue weighted by molar-refractivity contribution is 5.90. The average Bonchev–Trinajstić information content (AvgIpc) is 2.52. The van der Waals surface area contributed by atoms with Crippen molar-refractivity contribution >= 4 is 11.8 Å². The molecule has 0 spiro atoms. The molecule has 2 saturated heterocycles. The van der Waals surface area contributed by atoms with Gasteiger partial charge in [-0.1, -0.05) is 20.8 Å². The second kappa shape index (κ2) is 5.93. The third-order valence-corrected chi connectivity index (χ3v) is 4.55. The standard InChI is InChI=1S/C15H26N2O2/c1-4-12(11(2)3)17-10-8-14(18)16-9-6-5-7-13(16)15(17)19/h11-13H,4-10H2,1-3H3. The van der Waals surface area contributed by atoms with E-state index in [1.54, 1.807) is 0 Å². The number of hydrogen-bond acceptors (Lipinski definition) is 2. The van der Waals surface area contributed by atoms with Crippen molar-refractivity contribution in [2.75, 3.05) is 13.1 Å². The molecule has 2 unspecified atom stereocenters. The normalized spacial score (nSPS) is 26.4. The van der Waals surface area contributed by atoms with E-state index in [-0.39, 0.29) is 23.9 Å². The zero-order valence-corrected chi connectivity index (χ0v) is 12.4. The van der Waals surface area contributed by atoms with Gasteiger partial charge in [0.05, 0.1) is 0 Å². The lowest BCUT2D eigenvalue weighted by Crippen LogP contribution is -2.52. The van der Waals surface area contributed by atoms with Crippen LogP contribution in [0.1, 0.15) is 52.9 Å². The minimum atomic E-state index is -0.184. The van der Waals surface area contributed by atoms with E-state index in [0.717, 1.165) is 32.2 Å². The number of piperidine rings is 1. The lowest BCUT2D eigenvalue weighted by atomic mass is 9.97. The summed E-state index contributed by atoms with van der Waals surface area (Å²) in [5, 5.41) is 0. The Hall–Kier alpha value is -1.06. The Morgan fingerprint density at radius 3 is 2.58 bits per heavy atom. The molecule has 19 heavy (non-hydrogen) atoms. The lowest BCUT2D eigenvalue weighted by molar-refractivity contribution is -0.144. The molecule has 0 bridgehead atoms. The van der Waals surface area contributed by atoms with Gasteiger partial charge in [0.1, 0.15) is 6.04 Å². The van der Waals surface area contributed by atoms with E-state index >= 15 is 0 Å². The second-order valence-corrected chi connectivity index (χ2v) is 6.10. The summed E-state index contributed by atoms with van der Waals surface area (Å²) in [6.07, 6.45) is 4.40. The highest BCUT2D eigenvalue weighted by Crippen LogP contribution is 2.26. The number of carbonyl (C=O) groups excluding carboxylic acids is 2. The zero-order valence-electron chi connectivity index (χ0n) is 12.4. The molecule has 2 aliphatic rings. The molecule has 108 valence electrons. The molecule has 0 radical (unpaired) electrons. The quantitative estimate of drug-likeness (QED) is 0.784. The van der Waals surface area contributed by atoms with Crippen LogP contribution in [0.15, 0.2) is 0 Å². The second-order valence-electron chi connectivity index (χ2n) is 6.10. The number of nitrogens with zero attached hydrogens (tertiary/aromatic N) is 2. The van der Waals surface area contributed by atoms with E-state index in [4.69, 9.17) is 0 Å². The molecule has 0 aliphatic carbocycles. The minimum absolute atomic E-state index is 0.166. The molecule has 2 heterocycles. The summed E-state index contributed by atoms with van der Waals surface area (Å²) < 4.78 is 0. The Balaban J connectivity index is 2.22. The molecule has 2 aliphatic heterocycles. The number of fused-ring (bicyclic) bond motifs is 1. The number of rotatable bonds is 3. The lowest BCUT2D eigenvalue weighted by Gasteiger charge is -2.38. The highest BCUT2D eigenvalue weighted by atomic mass is 16.2. The Labute approximate surface area is 116 Å².